The van der Waals surface area contributed by atoms with E-state index >= 15 is 0 Å². The van der Waals surface area contributed by atoms with Gasteiger partial charge in [-0.2, -0.15) is 0 Å². The van der Waals surface area contributed by atoms with Gasteiger partial charge in [0.15, 0.2) is 0 Å². The average Bonchev–Trinajstić information content (AvgIpc) is 3.07. The summed E-state index contributed by atoms with van der Waals surface area (Å²) in [6, 6.07) is 14.5. The number of piperidine rings is 1. The van der Waals surface area contributed by atoms with Crippen LogP contribution in [0.1, 0.15) is 29.5 Å². The van der Waals surface area contributed by atoms with E-state index in [9.17, 15) is 14.3 Å². The summed E-state index contributed by atoms with van der Waals surface area (Å²) in [5, 5.41) is 10.2. The minimum absolute atomic E-state index is 0.0808. The molecule has 0 radical (unpaired) electrons. The molecule has 1 unspecified atom stereocenters. The van der Waals surface area contributed by atoms with Crippen LogP contribution in [0.25, 0.3) is 10.2 Å². The molecule has 1 aliphatic rings. The fourth-order valence-corrected chi connectivity index (χ4v) is 4.70. The molecule has 3 aromatic rings. The normalized spacial score (nSPS) is 17.4. The molecule has 4 rings (SSSR count). The lowest BCUT2D eigenvalue weighted by Gasteiger charge is -2.35. The predicted molar refractivity (Wildman–Crippen MR) is 99.8 cm³/mol. The zero-order valence-corrected chi connectivity index (χ0v) is 15.0. The van der Waals surface area contributed by atoms with Gasteiger partial charge in [0, 0.05) is 0 Å². The molecular formula is C20H19FN2O2S. The molecule has 1 saturated heterocycles. The van der Waals surface area contributed by atoms with E-state index in [1.807, 2.05) is 18.2 Å². The number of nitrogens with zero attached hydrogens (tertiary/aromatic N) is 2. The number of likely N-dealkylation sites (tertiary alicyclic amines) is 1. The van der Waals surface area contributed by atoms with Gasteiger partial charge in [-0.15, -0.1) is 11.3 Å². The molecule has 0 bridgehead atoms. The number of fused-ring (bicyclic) bond motifs is 1. The zero-order valence-electron chi connectivity index (χ0n) is 14.1. The third kappa shape index (κ3) is 3.34. The number of rotatable bonds is 4. The maximum absolute atomic E-state index is 13.4. The Hall–Kier alpha value is -2.31. The van der Waals surface area contributed by atoms with Crippen molar-refractivity contribution in [1.82, 2.24) is 9.88 Å². The van der Waals surface area contributed by atoms with Gasteiger partial charge in [-0.05, 0) is 55.8 Å². The molecule has 0 spiro atoms. The Morgan fingerprint density at radius 1 is 1.15 bits per heavy atom. The van der Waals surface area contributed by atoms with E-state index in [1.165, 1.54) is 12.1 Å². The highest BCUT2D eigenvalue weighted by Gasteiger charge is 2.31. The van der Waals surface area contributed by atoms with Crippen LogP contribution in [0.2, 0.25) is 0 Å². The molecule has 26 heavy (non-hydrogen) atoms. The molecular weight excluding hydrogens is 351 g/mol. The molecule has 1 aliphatic heterocycles. The highest BCUT2D eigenvalue weighted by Crippen LogP contribution is 2.36. The number of para-hydroxylation sites is 1. The second-order valence-electron chi connectivity index (χ2n) is 6.62. The lowest BCUT2D eigenvalue weighted by Crippen LogP contribution is -2.39. The molecule has 1 aromatic heterocycles. The summed E-state index contributed by atoms with van der Waals surface area (Å²) in [5.41, 5.74) is 1.94. The standard InChI is InChI=1S/C20H19FN2O2S/c21-15-7-5-13(6-8-15)18(23-11-9-14(10-12-23)20(24)25)19-22-16-3-1-2-4-17(16)26-19/h1-8,14,18H,9-12H2,(H,24,25). The smallest absolute Gasteiger partial charge is 0.306 e. The fraction of sp³-hybridized carbons (Fsp3) is 0.300. The second kappa shape index (κ2) is 7.13. The first-order valence-corrected chi connectivity index (χ1v) is 9.51. The van der Waals surface area contributed by atoms with Crippen molar-refractivity contribution >= 4 is 27.5 Å². The van der Waals surface area contributed by atoms with Crippen molar-refractivity contribution < 1.29 is 14.3 Å². The largest absolute Gasteiger partial charge is 0.481 e. The van der Waals surface area contributed by atoms with Crippen LogP contribution in [0, 0.1) is 11.7 Å². The highest BCUT2D eigenvalue weighted by molar-refractivity contribution is 7.18. The molecule has 0 amide bonds. The van der Waals surface area contributed by atoms with Gasteiger partial charge in [0.05, 0.1) is 22.2 Å². The van der Waals surface area contributed by atoms with Gasteiger partial charge in [0.1, 0.15) is 10.8 Å². The van der Waals surface area contributed by atoms with Gasteiger partial charge in [-0.25, -0.2) is 9.37 Å². The molecule has 0 saturated carbocycles. The van der Waals surface area contributed by atoms with Crippen LogP contribution in [0.15, 0.2) is 48.5 Å². The van der Waals surface area contributed by atoms with Crippen LogP contribution in [0.5, 0.6) is 0 Å². The van der Waals surface area contributed by atoms with E-state index in [4.69, 9.17) is 4.98 Å². The van der Waals surface area contributed by atoms with E-state index in [-0.39, 0.29) is 17.8 Å². The highest BCUT2D eigenvalue weighted by atomic mass is 32.1. The SMILES string of the molecule is O=C(O)C1CCN(C(c2ccc(F)cc2)c2nc3ccccc3s2)CC1. The number of carboxylic acid groups (broad SMARTS) is 1. The number of benzene rings is 2. The first kappa shape index (κ1) is 17.1. The number of thiazole rings is 1. The summed E-state index contributed by atoms with van der Waals surface area (Å²) in [6.07, 6.45) is 1.25. The van der Waals surface area contributed by atoms with Gasteiger partial charge in [-0.1, -0.05) is 24.3 Å². The van der Waals surface area contributed by atoms with Crippen LogP contribution in [0.3, 0.4) is 0 Å². The molecule has 2 aromatic carbocycles. The lowest BCUT2D eigenvalue weighted by atomic mass is 9.94. The Balaban J connectivity index is 1.70. The van der Waals surface area contributed by atoms with Crippen LogP contribution in [-0.2, 0) is 4.79 Å². The van der Waals surface area contributed by atoms with Crippen LogP contribution < -0.4 is 0 Å². The van der Waals surface area contributed by atoms with Crippen LogP contribution in [0.4, 0.5) is 4.39 Å². The first-order chi connectivity index (χ1) is 12.6. The van der Waals surface area contributed by atoms with E-state index in [2.05, 4.69) is 11.0 Å². The predicted octanol–water partition coefficient (Wildman–Crippen LogP) is 4.32. The van der Waals surface area contributed by atoms with Gasteiger partial charge in [-0.3, -0.25) is 9.69 Å². The van der Waals surface area contributed by atoms with Crippen molar-refractivity contribution in [2.75, 3.05) is 13.1 Å². The third-order valence-corrected chi connectivity index (χ3v) is 6.06. The van der Waals surface area contributed by atoms with Crippen molar-refractivity contribution in [2.24, 2.45) is 5.92 Å². The van der Waals surface area contributed by atoms with E-state index < -0.39 is 5.97 Å². The van der Waals surface area contributed by atoms with Crippen molar-refractivity contribution in [3.63, 3.8) is 0 Å². The molecule has 2 heterocycles. The van der Waals surface area contributed by atoms with Crippen LogP contribution in [-0.4, -0.2) is 34.0 Å². The number of halogens is 1. The summed E-state index contributed by atoms with van der Waals surface area (Å²) in [4.78, 5) is 18.3. The summed E-state index contributed by atoms with van der Waals surface area (Å²) in [6.45, 7) is 1.38. The number of aliphatic carboxylic acids is 1. The summed E-state index contributed by atoms with van der Waals surface area (Å²) < 4.78 is 14.5. The van der Waals surface area contributed by atoms with Crippen molar-refractivity contribution in [3.05, 3.63) is 64.9 Å². The molecule has 6 heteroatoms. The molecule has 134 valence electrons. The number of hydrogen-bond donors (Lipinski definition) is 1. The Bertz CT molecular complexity index is 884. The number of hydrogen-bond acceptors (Lipinski definition) is 4. The zero-order chi connectivity index (χ0) is 18.1. The van der Waals surface area contributed by atoms with Gasteiger partial charge < -0.3 is 5.11 Å². The molecule has 1 N–H and O–H groups in total. The molecule has 1 atom stereocenters. The molecule has 1 fully saturated rings. The lowest BCUT2D eigenvalue weighted by molar-refractivity contribution is -0.143. The Morgan fingerprint density at radius 2 is 1.85 bits per heavy atom. The number of carboxylic acids is 1. The first-order valence-electron chi connectivity index (χ1n) is 8.69. The Labute approximate surface area is 154 Å². The summed E-state index contributed by atoms with van der Waals surface area (Å²) >= 11 is 1.64. The topological polar surface area (TPSA) is 53.4 Å². The Kier molecular flexibility index (Phi) is 4.70. The Morgan fingerprint density at radius 3 is 2.50 bits per heavy atom. The van der Waals surface area contributed by atoms with E-state index in [1.54, 1.807) is 23.5 Å². The molecule has 4 nitrogen and oxygen atoms in total. The van der Waals surface area contributed by atoms with Gasteiger partial charge in [0.2, 0.25) is 0 Å². The quantitative estimate of drug-likeness (QED) is 0.743. The minimum atomic E-state index is -0.719. The van der Waals surface area contributed by atoms with Crippen molar-refractivity contribution in [2.45, 2.75) is 18.9 Å². The van der Waals surface area contributed by atoms with Gasteiger partial charge >= 0.3 is 5.97 Å². The summed E-state index contributed by atoms with van der Waals surface area (Å²) in [7, 11) is 0. The molecule has 0 aliphatic carbocycles. The maximum Gasteiger partial charge on any atom is 0.306 e. The summed E-state index contributed by atoms with van der Waals surface area (Å²) in [5.74, 6) is -1.26. The van der Waals surface area contributed by atoms with E-state index in [0.29, 0.717) is 25.9 Å². The minimum Gasteiger partial charge on any atom is -0.481 e. The monoisotopic (exact) mass is 370 g/mol. The van der Waals surface area contributed by atoms with E-state index in [0.717, 1.165) is 20.8 Å². The van der Waals surface area contributed by atoms with Crippen molar-refractivity contribution in [3.8, 4) is 0 Å². The third-order valence-electron chi connectivity index (χ3n) is 4.97. The fourth-order valence-electron chi connectivity index (χ4n) is 3.57. The maximum atomic E-state index is 13.4. The number of carbonyl (C=O) groups is 1. The van der Waals surface area contributed by atoms with Crippen molar-refractivity contribution in [1.29, 1.82) is 0 Å². The second-order valence-corrected chi connectivity index (χ2v) is 7.68. The van der Waals surface area contributed by atoms with Gasteiger partial charge in [0.25, 0.3) is 0 Å². The number of aromatic nitrogens is 1. The average molecular weight is 370 g/mol. The van der Waals surface area contributed by atoms with Crippen LogP contribution >= 0.6 is 11.3 Å².